The molecule has 132 valence electrons. The van der Waals surface area contributed by atoms with Gasteiger partial charge < -0.3 is 5.32 Å². The van der Waals surface area contributed by atoms with Crippen molar-refractivity contribution in [3.8, 4) is 0 Å². The number of rotatable bonds is 5. The lowest BCUT2D eigenvalue weighted by Crippen LogP contribution is -2.40. The van der Waals surface area contributed by atoms with Crippen LogP contribution in [0.3, 0.4) is 0 Å². The van der Waals surface area contributed by atoms with Crippen molar-refractivity contribution in [3.63, 3.8) is 0 Å². The molecule has 1 aromatic rings. The molecule has 0 spiro atoms. The third-order valence-corrected chi connectivity index (χ3v) is 5.05. The Bertz CT molecular complexity index is 706. The highest BCUT2D eigenvalue weighted by molar-refractivity contribution is 6.07. The van der Waals surface area contributed by atoms with Crippen LogP contribution in [0, 0.1) is 11.8 Å². The number of hydroxylamine groups is 2. The van der Waals surface area contributed by atoms with Gasteiger partial charge in [-0.15, -0.1) is 0 Å². The smallest absolute Gasteiger partial charge is 0.261 e. The molecule has 1 aliphatic carbocycles. The van der Waals surface area contributed by atoms with Crippen molar-refractivity contribution in [2.45, 2.75) is 25.0 Å². The number of carbonyl (C=O) groups excluding carboxylic acids is 3. The zero-order chi connectivity index (χ0) is 17.6. The van der Waals surface area contributed by atoms with E-state index in [0.717, 1.165) is 23.3 Å². The standard InChI is InChI=1S/C17H20N4O4/c1-20-16(23)13-14(11-4-6-18-7-5-11)21(25-15(13)17(20)24)9-12(22)19-8-10-2-3-10/h4-7,10,13-15H,2-3,8-9H2,1H3,(H,19,22). The Balaban J connectivity index is 1.56. The summed E-state index contributed by atoms with van der Waals surface area (Å²) in [6, 6.07) is 3.07. The first-order chi connectivity index (χ1) is 12.1. The molecule has 4 rings (SSSR count). The fourth-order valence-corrected chi connectivity index (χ4v) is 3.46. The average Bonchev–Trinajstić information content (AvgIpc) is 3.35. The van der Waals surface area contributed by atoms with E-state index >= 15 is 0 Å². The SMILES string of the molecule is CN1C(=O)C2ON(CC(=O)NCC3CC3)C(c3ccncc3)C2C1=O. The van der Waals surface area contributed by atoms with Crippen LogP contribution in [0.5, 0.6) is 0 Å². The van der Waals surface area contributed by atoms with Gasteiger partial charge in [-0.25, -0.2) is 0 Å². The molecule has 3 heterocycles. The lowest BCUT2D eigenvalue weighted by Gasteiger charge is -2.25. The van der Waals surface area contributed by atoms with Gasteiger partial charge in [-0.2, -0.15) is 5.06 Å². The van der Waals surface area contributed by atoms with Gasteiger partial charge in [0.2, 0.25) is 11.8 Å². The Labute approximate surface area is 145 Å². The maximum Gasteiger partial charge on any atom is 0.261 e. The predicted molar refractivity (Wildman–Crippen MR) is 85.6 cm³/mol. The van der Waals surface area contributed by atoms with E-state index < -0.39 is 18.1 Å². The van der Waals surface area contributed by atoms with Crippen LogP contribution in [0.2, 0.25) is 0 Å². The van der Waals surface area contributed by atoms with Crippen LogP contribution < -0.4 is 5.32 Å². The number of imide groups is 1. The van der Waals surface area contributed by atoms with Crippen molar-refractivity contribution in [1.82, 2.24) is 20.3 Å². The molecule has 1 saturated carbocycles. The van der Waals surface area contributed by atoms with Gasteiger partial charge in [0.05, 0.1) is 12.0 Å². The van der Waals surface area contributed by atoms with Crippen LogP contribution in [-0.2, 0) is 19.2 Å². The van der Waals surface area contributed by atoms with Gasteiger partial charge in [0, 0.05) is 26.0 Å². The van der Waals surface area contributed by atoms with Crippen molar-refractivity contribution >= 4 is 17.7 Å². The highest BCUT2D eigenvalue weighted by atomic mass is 16.7. The first kappa shape index (κ1) is 16.2. The zero-order valence-electron chi connectivity index (χ0n) is 13.9. The molecular weight excluding hydrogens is 324 g/mol. The van der Waals surface area contributed by atoms with Crippen LogP contribution in [0.15, 0.2) is 24.5 Å². The summed E-state index contributed by atoms with van der Waals surface area (Å²) in [6.07, 6.45) is 4.68. The van der Waals surface area contributed by atoms with Gasteiger partial charge in [0.15, 0.2) is 6.10 Å². The van der Waals surface area contributed by atoms with Gasteiger partial charge >= 0.3 is 0 Å². The molecule has 3 unspecified atom stereocenters. The maximum atomic E-state index is 12.5. The molecule has 25 heavy (non-hydrogen) atoms. The summed E-state index contributed by atoms with van der Waals surface area (Å²) in [4.78, 5) is 47.9. The van der Waals surface area contributed by atoms with Crippen LogP contribution in [0.25, 0.3) is 0 Å². The minimum absolute atomic E-state index is 0.0169. The molecule has 8 nitrogen and oxygen atoms in total. The topological polar surface area (TPSA) is 91.8 Å². The number of nitrogens with zero attached hydrogens (tertiary/aromatic N) is 3. The normalized spacial score (nSPS) is 29.2. The molecule has 0 bridgehead atoms. The molecule has 8 heteroatoms. The highest BCUT2D eigenvalue weighted by Gasteiger charge is 2.58. The van der Waals surface area contributed by atoms with Crippen molar-refractivity contribution < 1.29 is 19.2 Å². The third-order valence-electron chi connectivity index (χ3n) is 5.05. The van der Waals surface area contributed by atoms with E-state index in [-0.39, 0.29) is 24.3 Å². The van der Waals surface area contributed by atoms with Crippen molar-refractivity contribution in [3.05, 3.63) is 30.1 Å². The van der Waals surface area contributed by atoms with Crippen LogP contribution in [0.4, 0.5) is 0 Å². The first-order valence-electron chi connectivity index (χ1n) is 8.47. The monoisotopic (exact) mass is 344 g/mol. The number of aromatic nitrogens is 1. The molecule has 0 radical (unpaired) electrons. The van der Waals surface area contributed by atoms with E-state index in [4.69, 9.17) is 4.84 Å². The lowest BCUT2D eigenvalue weighted by atomic mass is 9.91. The number of fused-ring (bicyclic) bond motifs is 1. The second kappa shape index (κ2) is 6.20. The Morgan fingerprint density at radius 3 is 2.68 bits per heavy atom. The molecule has 3 fully saturated rings. The minimum atomic E-state index is -0.869. The first-order valence-corrected chi connectivity index (χ1v) is 8.47. The largest absolute Gasteiger partial charge is 0.355 e. The number of hydrogen-bond acceptors (Lipinski definition) is 6. The van der Waals surface area contributed by atoms with Gasteiger partial charge in [-0.1, -0.05) is 0 Å². The predicted octanol–water partition coefficient (Wildman–Crippen LogP) is -0.120. The Morgan fingerprint density at radius 1 is 1.28 bits per heavy atom. The van der Waals surface area contributed by atoms with E-state index in [1.54, 1.807) is 24.5 Å². The van der Waals surface area contributed by atoms with E-state index in [1.807, 2.05) is 0 Å². The average molecular weight is 344 g/mol. The Kier molecular flexibility index (Phi) is 4.01. The van der Waals surface area contributed by atoms with E-state index in [2.05, 4.69) is 10.3 Å². The van der Waals surface area contributed by atoms with Crippen LogP contribution in [0.1, 0.15) is 24.4 Å². The maximum absolute atomic E-state index is 12.5. The molecule has 1 aromatic heterocycles. The number of likely N-dealkylation sites (tertiary alicyclic amines) is 1. The second-order valence-electron chi connectivity index (χ2n) is 6.84. The van der Waals surface area contributed by atoms with Crippen LogP contribution in [-0.4, -0.2) is 58.9 Å². The quantitative estimate of drug-likeness (QED) is 0.749. The summed E-state index contributed by atoms with van der Waals surface area (Å²) in [7, 11) is 1.46. The Morgan fingerprint density at radius 2 is 2.00 bits per heavy atom. The third kappa shape index (κ3) is 2.91. The number of amides is 3. The summed E-state index contributed by atoms with van der Waals surface area (Å²) in [5, 5.41) is 4.36. The number of hydrogen-bond donors (Lipinski definition) is 1. The summed E-state index contributed by atoms with van der Waals surface area (Å²) in [5.74, 6) is -0.876. The number of nitrogens with one attached hydrogen (secondary N) is 1. The number of pyridine rings is 1. The summed E-state index contributed by atoms with van der Waals surface area (Å²) >= 11 is 0. The zero-order valence-corrected chi connectivity index (χ0v) is 13.9. The van der Waals surface area contributed by atoms with Gasteiger partial charge in [-0.05, 0) is 36.5 Å². The van der Waals surface area contributed by atoms with Crippen LogP contribution >= 0.6 is 0 Å². The van der Waals surface area contributed by atoms with Crippen molar-refractivity contribution in [2.75, 3.05) is 20.1 Å². The molecule has 2 aliphatic heterocycles. The fourth-order valence-electron chi connectivity index (χ4n) is 3.46. The number of likely N-dealkylation sites (N-methyl/N-ethyl adjacent to an activating group) is 1. The van der Waals surface area contributed by atoms with Gasteiger partial charge in [0.25, 0.3) is 5.91 Å². The molecule has 3 amide bonds. The van der Waals surface area contributed by atoms with Crippen molar-refractivity contribution in [2.24, 2.45) is 11.8 Å². The molecule has 1 N–H and O–H groups in total. The molecule has 0 aromatic carbocycles. The summed E-state index contributed by atoms with van der Waals surface area (Å²) in [5.41, 5.74) is 0.800. The van der Waals surface area contributed by atoms with Crippen molar-refractivity contribution in [1.29, 1.82) is 0 Å². The summed E-state index contributed by atoms with van der Waals surface area (Å²) in [6.45, 7) is 0.650. The molecule has 3 atom stereocenters. The number of carbonyl (C=O) groups is 3. The Hall–Kier alpha value is -2.32. The molecular formula is C17H20N4O4. The van der Waals surface area contributed by atoms with E-state index in [1.165, 1.54) is 12.1 Å². The fraction of sp³-hybridized carbons (Fsp3) is 0.529. The molecule has 3 aliphatic rings. The van der Waals surface area contributed by atoms with E-state index in [0.29, 0.717) is 12.5 Å². The van der Waals surface area contributed by atoms with Gasteiger partial charge in [0.1, 0.15) is 6.54 Å². The van der Waals surface area contributed by atoms with Gasteiger partial charge in [-0.3, -0.25) is 29.1 Å². The van der Waals surface area contributed by atoms with E-state index in [9.17, 15) is 14.4 Å². The summed E-state index contributed by atoms with van der Waals surface area (Å²) < 4.78 is 0. The second-order valence-corrected chi connectivity index (χ2v) is 6.84. The minimum Gasteiger partial charge on any atom is -0.355 e. The lowest BCUT2D eigenvalue weighted by molar-refractivity contribution is -0.181. The highest BCUT2D eigenvalue weighted by Crippen LogP contribution is 2.43. The molecule has 2 saturated heterocycles.